The first kappa shape index (κ1) is 13.6. The lowest BCUT2D eigenvalue weighted by molar-refractivity contribution is 0.919. The molecule has 0 radical (unpaired) electrons. The Labute approximate surface area is 119 Å². The highest BCUT2D eigenvalue weighted by molar-refractivity contribution is 5.60. The summed E-state index contributed by atoms with van der Waals surface area (Å²) in [6.07, 6.45) is 0. The molecule has 20 heavy (non-hydrogen) atoms. The van der Waals surface area contributed by atoms with Gasteiger partial charge in [0.05, 0.1) is 22.9 Å². The molecule has 0 fully saturated rings. The zero-order valence-electron chi connectivity index (χ0n) is 11.6. The molecule has 0 saturated heterocycles. The van der Waals surface area contributed by atoms with Gasteiger partial charge < -0.3 is 4.90 Å². The van der Waals surface area contributed by atoms with Crippen LogP contribution in [0.3, 0.4) is 0 Å². The number of nitrogens with zero attached hydrogens (tertiary/aromatic N) is 3. The summed E-state index contributed by atoms with van der Waals surface area (Å²) in [5, 5.41) is 18.1. The molecule has 0 aromatic heterocycles. The van der Waals surface area contributed by atoms with E-state index in [4.69, 9.17) is 5.26 Å². The SMILES string of the molecule is Cc1ccc(C#N)c(N(C)Cc2cccc(C#N)c2)c1. The summed E-state index contributed by atoms with van der Waals surface area (Å²) in [5.74, 6) is 0. The van der Waals surface area contributed by atoms with E-state index >= 15 is 0 Å². The first-order valence-electron chi connectivity index (χ1n) is 6.35. The third kappa shape index (κ3) is 2.96. The minimum absolute atomic E-state index is 0.653. The molecule has 98 valence electrons. The topological polar surface area (TPSA) is 50.8 Å². The van der Waals surface area contributed by atoms with Gasteiger partial charge in [0.2, 0.25) is 0 Å². The van der Waals surface area contributed by atoms with E-state index in [9.17, 15) is 5.26 Å². The lowest BCUT2D eigenvalue weighted by Crippen LogP contribution is -2.17. The molecule has 0 atom stereocenters. The van der Waals surface area contributed by atoms with Crippen LogP contribution in [0, 0.1) is 29.6 Å². The molecule has 2 rings (SSSR count). The quantitative estimate of drug-likeness (QED) is 0.851. The average Bonchev–Trinajstić information content (AvgIpc) is 2.47. The van der Waals surface area contributed by atoms with Gasteiger partial charge in [-0.3, -0.25) is 0 Å². The largest absolute Gasteiger partial charge is 0.369 e. The monoisotopic (exact) mass is 261 g/mol. The van der Waals surface area contributed by atoms with E-state index in [1.54, 1.807) is 6.07 Å². The van der Waals surface area contributed by atoms with Crippen molar-refractivity contribution in [1.29, 1.82) is 10.5 Å². The summed E-state index contributed by atoms with van der Waals surface area (Å²) in [6.45, 7) is 2.67. The summed E-state index contributed by atoms with van der Waals surface area (Å²) in [7, 11) is 1.95. The molecule has 0 aliphatic carbocycles. The van der Waals surface area contributed by atoms with Gasteiger partial charge in [0.25, 0.3) is 0 Å². The summed E-state index contributed by atoms with van der Waals surface area (Å²) in [5.41, 5.74) is 4.40. The Bertz CT molecular complexity index is 705. The molecule has 2 aromatic carbocycles. The smallest absolute Gasteiger partial charge is 0.101 e. The zero-order chi connectivity index (χ0) is 14.5. The van der Waals surface area contributed by atoms with Gasteiger partial charge in [-0.15, -0.1) is 0 Å². The number of hydrogen-bond donors (Lipinski definition) is 0. The highest BCUT2D eigenvalue weighted by Crippen LogP contribution is 2.22. The molecule has 0 bridgehead atoms. The molecule has 2 aromatic rings. The number of benzene rings is 2. The van der Waals surface area contributed by atoms with Crippen LogP contribution in [-0.2, 0) is 6.54 Å². The predicted octanol–water partition coefficient (Wildman–Crippen LogP) is 3.37. The van der Waals surface area contributed by atoms with E-state index in [1.165, 1.54) is 0 Å². The molecule has 0 aliphatic heterocycles. The number of aryl methyl sites for hydroxylation is 1. The second-order valence-electron chi connectivity index (χ2n) is 4.80. The minimum Gasteiger partial charge on any atom is -0.369 e. The molecule has 0 heterocycles. The third-order valence-electron chi connectivity index (χ3n) is 3.16. The predicted molar refractivity (Wildman–Crippen MR) is 79.2 cm³/mol. The van der Waals surface area contributed by atoms with E-state index in [1.807, 2.05) is 55.3 Å². The fourth-order valence-electron chi connectivity index (χ4n) is 2.15. The molecular formula is C17H15N3. The van der Waals surface area contributed by atoms with Crippen molar-refractivity contribution in [2.24, 2.45) is 0 Å². The normalized spacial score (nSPS) is 9.60. The molecule has 0 saturated carbocycles. The van der Waals surface area contributed by atoms with E-state index in [2.05, 4.69) is 12.1 Å². The Hall–Kier alpha value is -2.78. The van der Waals surface area contributed by atoms with E-state index in [0.717, 1.165) is 16.8 Å². The van der Waals surface area contributed by atoms with Crippen LogP contribution in [0.25, 0.3) is 0 Å². The highest BCUT2D eigenvalue weighted by atomic mass is 15.1. The Balaban J connectivity index is 2.28. The zero-order valence-corrected chi connectivity index (χ0v) is 11.6. The van der Waals surface area contributed by atoms with Crippen molar-refractivity contribution < 1.29 is 0 Å². The number of rotatable bonds is 3. The maximum Gasteiger partial charge on any atom is 0.101 e. The van der Waals surface area contributed by atoms with Crippen molar-refractivity contribution >= 4 is 5.69 Å². The van der Waals surface area contributed by atoms with Gasteiger partial charge in [0, 0.05) is 13.6 Å². The Morgan fingerprint density at radius 2 is 1.85 bits per heavy atom. The van der Waals surface area contributed by atoms with Crippen molar-refractivity contribution in [3.8, 4) is 12.1 Å². The number of hydrogen-bond acceptors (Lipinski definition) is 3. The first-order chi connectivity index (χ1) is 9.63. The maximum absolute atomic E-state index is 9.19. The van der Waals surface area contributed by atoms with Crippen LogP contribution < -0.4 is 4.90 Å². The molecule has 0 N–H and O–H groups in total. The fourth-order valence-corrected chi connectivity index (χ4v) is 2.15. The minimum atomic E-state index is 0.653. The van der Waals surface area contributed by atoms with Crippen LogP contribution in [0.2, 0.25) is 0 Å². The van der Waals surface area contributed by atoms with Gasteiger partial charge in [-0.25, -0.2) is 0 Å². The number of anilines is 1. The molecule has 0 aliphatic rings. The van der Waals surface area contributed by atoms with Crippen molar-refractivity contribution in [2.45, 2.75) is 13.5 Å². The molecular weight excluding hydrogens is 246 g/mol. The fraction of sp³-hybridized carbons (Fsp3) is 0.176. The Kier molecular flexibility index (Phi) is 4.03. The highest BCUT2D eigenvalue weighted by Gasteiger charge is 2.08. The summed E-state index contributed by atoms with van der Waals surface area (Å²) < 4.78 is 0. The van der Waals surface area contributed by atoms with Crippen LogP contribution in [-0.4, -0.2) is 7.05 Å². The van der Waals surface area contributed by atoms with Gasteiger partial charge in [-0.1, -0.05) is 18.2 Å². The first-order valence-corrected chi connectivity index (χ1v) is 6.35. The Morgan fingerprint density at radius 1 is 1.05 bits per heavy atom. The van der Waals surface area contributed by atoms with Gasteiger partial charge >= 0.3 is 0 Å². The second kappa shape index (κ2) is 5.91. The van der Waals surface area contributed by atoms with Crippen LogP contribution in [0.5, 0.6) is 0 Å². The van der Waals surface area contributed by atoms with Crippen LogP contribution in [0.1, 0.15) is 22.3 Å². The van der Waals surface area contributed by atoms with Crippen molar-refractivity contribution in [2.75, 3.05) is 11.9 Å². The van der Waals surface area contributed by atoms with Crippen molar-refractivity contribution in [3.05, 3.63) is 64.7 Å². The van der Waals surface area contributed by atoms with Crippen molar-refractivity contribution in [1.82, 2.24) is 0 Å². The van der Waals surface area contributed by atoms with Gasteiger partial charge in [0.15, 0.2) is 0 Å². The third-order valence-corrected chi connectivity index (χ3v) is 3.16. The van der Waals surface area contributed by atoms with E-state index in [-0.39, 0.29) is 0 Å². The molecule has 0 spiro atoms. The van der Waals surface area contributed by atoms with E-state index < -0.39 is 0 Å². The van der Waals surface area contributed by atoms with Gasteiger partial charge in [-0.05, 0) is 42.3 Å². The van der Waals surface area contributed by atoms with Gasteiger partial charge in [-0.2, -0.15) is 10.5 Å². The molecule has 0 unspecified atom stereocenters. The summed E-state index contributed by atoms with van der Waals surface area (Å²) >= 11 is 0. The van der Waals surface area contributed by atoms with Crippen LogP contribution >= 0.6 is 0 Å². The average molecular weight is 261 g/mol. The standard InChI is InChI=1S/C17H15N3/c1-13-6-7-16(11-19)17(8-13)20(2)12-15-5-3-4-14(9-15)10-18/h3-9H,12H2,1-2H3. The van der Waals surface area contributed by atoms with Crippen molar-refractivity contribution in [3.63, 3.8) is 0 Å². The van der Waals surface area contributed by atoms with Gasteiger partial charge in [0.1, 0.15) is 6.07 Å². The lowest BCUT2D eigenvalue weighted by Gasteiger charge is -2.21. The lowest BCUT2D eigenvalue weighted by atomic mass is 10.1. The summed E-state index contributed by atoms with van der Waals surface area (Å²) in [6, 6.07) is 17.7. The van der Waals surface area contributed by atoms with Crippen LogP contribution in [0.4, 0.5) is 5.69 Å². The maximum atomic E-state index is 9.19. The second-order valence-corrected chi connectivity index (χ2v) is 4.80. The molecule has 3 nitrogen and oxygen atoms in total. The van der Waals surface area contributed by atoms with Crippen LogP contribution in [0.15, 0.2) is 42.5 Å². The molecule has 3 heteroatoms. The Morgan fingerprint density at radius 3 is 2.55 bits per heavy atom. The summed E-state index contributed by atoms with van der Waals surface area (Å²) in [4.78, 5) is 2.03. The molecule has 0 amide bonds. The number of nitriles is 2. The van der Waals surface area contributed by atoms with E-state index in [0.29, 0.717) is 17.7 Å².